The number of para-hydroxylation sites is 1. The third kappa shape index (κ3) is 7.10. The number of rotatable bonds is 10. The standard InChI is InChI=1S/C30H33BrN4O3/c1-29(2,19-32)37-20-30(3,4)38-25-16-14-23(15-17-25)33-28(36)26-18-35(24-8-6-5-7-9-24)34-27(26)21-10-12-22(31)13-11-21/h5-18H,19-20,32H2,1-4H3,(H,33,36). The fourth-order valence-electron chi connectivity index (χ4n) is 3.66. The highest BCUT2D eigenvalue weighted by atomic mass is 79.9. The third-order valence-corrected chi connectivity index (χ3v) is 6.43. The van der Waals surface area contributed by atoms with Gasteiger partial charge < -0.3 is 20.5 Å². The quantitative estimate of drug-likeness (QED) is 0.226. The van der Waals surface area contributed by atoms with Crippen molar-refractivity contribution >= 4 is 27.5 Å². The fraction of sp³-hybridized carbons (Fsp3) is 0.267. The molecule has 0 unspecified atom stereocenters. The number of amides is 1. The van der Waals surface area contributed by atoms with Crippen LogP contribution in [-0.2, 0) is 4.74 Å². The summed E-state index contributed by atoms with van der Waals surface area (Å²) in [5, 5.41) is 7.73. The Morgan fingerprint density at radius 3 is 2.24 bits per heavy atom. The summed E-state index contributed by atoms with van der Waals surface area (Å²) >= 11 is 3.47. The highest BCUT2D eigenvalue weighted by Gasteiger charge is 2.26. The lowest BCUT2D eigenvalue weighted by Crippen LogP contribution is -2.42. The number of hydrogen-bond donors (Lipinski definition) is 2. The second-order valence-electron chi connectivity index (χ2n) is 10.3. The van der Waals surface area contributed by atoms with E-state index in [1.165, 1.54) is 0 Å². The van der Waals surface area contributed by atoms with Gasteiger partial charge >= 0.3 is 0 Å². The molecule has 0 saturated carbocycles. The summed E-state index contributed by atoms with van der Waals surface area (Å²) in [6.07, 6.45) is 1.75. The maximum atomic E-state index is 13.4. The van der Waals surface area contributed by atoms with Gasteiger partial charge in [-0.2, -0.15) is 5.10 Å². The first-order valence-electron chi connectivity index (χ1n) is 12.4. The molecule has 8 heteroatoms. The molecule has 198 valence electrons. The number of carbonyl (C=O) groups is 1. The van der Waals surface area contributed by atoms with Crippen molar-refractivity contribution in [2.75, 3.05) is 18.5 Å². The molecule has 1 amide bonds. The molecular formula is C30H33BrN4O3. The van der Waals surface area contributed by atoms with E-state index in [0.29, 0.717) is 35.8 Å². The first-order chi connectivity index (χ1) is 18.0. The maximum Gasteiger partial charge on any atom is 0.259 e. The molecule has 0 aliphatic rings. The number of benzene rings is 3. The SMILES string of the molecule is CC(C)(CN)OCC(C)(C)Oc1ccc(NC(=O)c2cn(-c3ccccc3)nc2-c2ccc(Br)cc2)cc1. The van der Waals surface area contributed by atoms with Crippen LogP contribution in [0.1, 0.15) is 38.1 Å². The molecular weight excluding hydrogens is 544 g/mol. The number of anilines is 1. The number of carbonyl (C=O) groups excluding carboxylic acids is 1. The first kappa shape index (κ1) is 27.6. The van der Waals surface area contributed by atoms with Gasteiger partial charge in [0.1, 0.15) is 17.0 Å². The Balaban J connectivity index is 1.51. The number of hydrogen-bond acceptors (Lipinski definition) is 5. The van der Waals surface area contributed by atoms with E-state index in [0.717, 1.165) is 15.7 Å². The van der Waals surface area contributed by atoms with Gasteiger partial charge in [-0.1, -0.05) is 46.3 Å². The molecule has 4 rings (SSSR count). The minimum atomic E-state index is -0.553. The lowest BCUT2D eigenvalue weighted by Gasteiger charge is -2.31. The molecule has 3 N–H and O–H groups in total. The molecule has 0 saturated heterocycles. The first-order valence-corrected chi connectivity index (χ1v) is 13.2. The van der Waals surface area contributed by atoms with Crippen LogP contribution in [0.5, 0.6) is 5.75 Å². The Kier molecular flexibility index (Phi) is 8.35. The van der Waals surface area contributed by atoms with Gasteiger partial charge in [0.2, 0.25) is 0 Å². The molecule has 0 radical (unpaired) electrons. The molecule has 0 spiro atoms. The lowest BCUT2D eigenvalue weighted by molar-refractivity contribution is -0.0764. The van der Waals surface area contributed by atoms with Crippen LogP contribution in [0.4, 0.5) is 5.69 Å². The summed E-state index contributed by atoms with van der Waals surface area (Å²) in [6, 6.07) is 24.7. The van der Waals surface area contributed by atoms with E-state index in [4.69, 9.17) is 20.3 Å². The zero-order valence-corrected chi connectivity index (χ0v) is 23.7. The zero-order chi connectivity index (χ0) is 27.3. The van der Waals surface area contributed by atoms with Crippen molar-refractivity contribution in [1.82, 2.24) is 9.78 Å². The molecule has 38 heavy (non-hydrogen) atoms. The Bertz CT molecular complexity index is 1370. The van der Waals surface area contributed by atoms with Gasteiger partial charge in [0, 0.05) is 28.5 Å². The minimum Gasteiger partial charge on any atom is -0.485 e. The number of nitrogens with two attached hydrogens (primary N) is 1. The lowest BCUT2D eigenvalue weighted by atomic mass is 10.1. The van der Waals surface area contributed by atoms with Crippen molar-refractivity contribution in [3.8, 4) is 22.7 Å². The van der Waals surface area contributed by atoms with Gasteiger partial charge in [0.25, 0.3) is 5.91 Å². The van der Waals surface area contributed by atoms with E-state index in [9.17, 15) is 4.79 Å². The van der Waals surface area contributed by atoms with E-state index in [1.54, 1.807) is 10.9 Å². The second kappa shape index (κ2) is 11.5. The van der Waals surface area contributed by atoms with Gasteiger partial charge in [0.05, 0.1) is 23.5 Å². The van der Waals surface area contributed by atoms with Crippen molar-refractivity contribution < 1.29 is 14.3 Å². The van der Waals surface area contributed by atoms with Crippen molar-refractivity contribution in [1.29, 1.82) is 0 Å². The topological polar surface area (TPSA) is 91.4 Å². The summed E-state index contributed by atoms with van der Waals surface area (Å²) in [7, 11) is 0. The molecule has 7 nitrogen and oxygen atoms in total. The van der Waals surface area contributed by atoms with E-state index in [2.05, 4.69) is 21.2 Å². The smallest absolute Gasteiger partial charge is 0.259 e. The summed E-state index contributed by atoms with van der Waals surface area (Å²) < 4.78 is 14.7. The number of aromatic nitrogens is 2. The normalized spacial score (nSPS) is 11.8. The Hall–Kier alpha value is -3.46. The van der Waals surface area contributed by atoms with Gasteiger partial charge in [-0.05, 0) is 76.2 Å². The molecule has 1 aromatic heterocycles. The van der Waals surface area contributed by atoms with Crippen LogP contribution < -0.4 is 15.8 Å². The van der Waals surface area contributed by atoms with Crippen LogP contribution in [0.25, 0.3) is 16.9 Å². The number of nitrogens with zero attached hydrogens (tertiary/aromatic N) is 2. The van der Waals surface area contributed by atoms with Crippen LogP contribution in [0.3, 0.4) is 0 Å². The second-order valence-corrected chi connectivity index (χ2v) is 11.2. The van der Waals surface area contributed by atoms with E-state index >= 15 is 0 Å². The van der Waals surface area contributed by atoms with Crippen LogP contribution in [-0.4, -0.2) is 40.0 Å². The van der Waals surface area contributed by atoms with Gasteiger partial charge in [-0.15, -0.1) is 0 Å². The van der Waals surface area contributed by atoms with E-state index in [-0.39, 0.29) is 5.91 Å². The predicted octanol–water partition coefficient (Wildman–Crippen LogP) is 6.47. The molecule has 4 aromatic rings. The average Bonchev–Trinajstić information content (AvgIpc) is 3.35. The molecule has 0 atom stereocenters. The highest BCUT2D eigenvalue weighted by molar-refractivity contribution is 9.10. The molecule has 0 aliphatic carbocycles. The molecule has 1 heterocycles. The fourth-order valence-corrected chi connectivity index (χ4v) is 3.92. The van der Waals surface area contributed by atoms with Crippen molar-refractivity contribution in [2.24, 2.45) is 5.73 Å². The van der Waals surface area contributed by atoms with Gasteiger partial charge in [-0.3, -0.25) is 4.79 Å². The summed E-state index contributed by atoms with van der Waals surface area (Å²) in [5.74, 6) is 0.422. The average molecular weight is 578 g/mol. The minimum absolute atomic E-state index is 0.253. The van der Waals surface area contributed by atoms with Crippen LogP contribution in [0.15, 0.2) is 89.5 Å². The Morgan fingerprint density at radius 1 is 0.947 bits per heavy atom. The highest BCUT2D eigenvalue weighted by Crippen LogP contribution is 2.27. The monoisotopic (exact) mass is 576 g/mol. The molecule has 0 bridgehead atoms. The van der Waals surface area contributed by atoms with Crippen LogP contribution in [0.2, 0.25) is 0 Å². The zero-order valence-electron chi connectivity index (χ0n) is 22.1. The summed E-state index contributed by atoms with van der Waals surface area (Å²) in [4.78, 5) is 13.4. The van der Waals surface area contributed by atoms with Crippen molar-refractivity contribution in [3.63, 3.8) is 0 Å². The van der Waals surface area contributed by atoms with E-state index < -0.39 is 11.2 Å². The number of halogens is 1. The molecule has 0 aliphatic heterocycles. The Labute approximate surface area is 232 Å². The van der Waals surface area contributed by atoms with E-state index in [1.807, 2.05) is 107 Å². The van der Waals surface area contributed by atoms with Crippen LogP contribution in [0, 0.1) is 0 Å². The van der Waals surface area contributed by atoms with Crippen molar-refractivity contribution in [2.45, 2.75) is 38.9 Å². The maximum absolute atomic E-state index is 13.4. The number of ether oxygens (including phenoxy) is 2. The predicted molar refractivity (Wildman–Crippen MR) is 155 cm³/mol. The van der Waals surface area contributed by atoms with Crippen LogP contribution >= 0.6 is 15.9 Å². The largest absolute Gasteiger partial charge is 0.485 e. The van der Waals surface area contributed by atoms with Gasteiger partial charge in [-0.25, -0.2) is 4.68 Å². The van der Waals surface area contributed by atoms with Crippen molar-refractivity contribution in [3.05, 3.63) is 95.1 Å². The number of nitrogens with one attached hydrogen (secondary N) is 1. The summed E-state index contributed by atoms with van der Waals surface area (Å²) in [6.45, 7) is 8.64. The third-order valence-electron chi connectivity index (χ3n) is 5.91. The summed E-state index contributed by atoms with van der Waals surface area (Å²) in [5.41, 5.74) is 8.22. The van der Waals surface area contributed by atoms with Gasteiger partial charge in [0.15, 0.2) is 0 Å². The molecule has 0 fully saturated rings. The Morgan fingerprint density at radius 2 is 1.61 bits per heavy atom. The molecule has 3 aromatic carbocycles.